The molecule has 1 aromatic rings. The predicted octanol–water partition coefficient (Wildman–Crippen LogP) is 2.51. The number of carbonyl (C=O) groups excluding carboxylic acids is 1. The van der Waals surface area contributed by atoms with Gasteiger partial charge in [-0.1, -0.05) is 30.3 Å². The number of ether oxygens (including phenoxy) is 1. The third kappa shape index (κ3) is 3.93. The summed E-state index contributed by atoms with van der Waals surface area (Å²) in [6.45, 7) is 0.493. The first-order chi connectivity index (χ1) is 7.84. The minimum atomic E-state index is -0.268. The van der Waals surface area contributed by atoms with Crippen molar-refractivity contribution < 1.29 is 9.53 Å². The Labute approximate surface area is 95.8 Å². The maximum Gasteiger partial charge on any atom is 0.407 e. The van der Waals surface area contributed by atoms with Crippen LogP contribution >= 0.6 is 0 Å². The molecule has 16 heavy (non-hydrogen) atoms. The van der Waals surface area contributed by atoms with Crippen molar-refractivity contribution >= 4 is 6.09 Å². The normalized spacial score (nSPS) is 14.5. The molecule has 3 heteroatoms. The first kappa shape index (κ1) is 11.0. The van der Waals surface area contributed by atoms with Crippen LogP contribution in [0.5, 0.6) is 0 Å². The summed E-state index contributed by atoms with van der Waals surface area (Å²) in [6, 6.07) is 10.6. The lowest BCUT2D eigenvalue weighted by atomic mass is 10.1. The van der Waals surface area contributed by atoms with Gasteiger partial charge < -0.3 is 10.1 Å². The average molecular weight is 219 g/mol. The molecule has 0 heterocycles. The number of rotatable bonds is 5. The number of benzene rings is 1. The molecule has 1 N–H and O–H groups in total. The quantitative estimate of drug-likeness (QED) is 0.773. The third-order valence-electron chi connectivity index (χ3n) is 2.59. The van der Waals surface area contributed by atoms with E-state index in [1.807, 2.05) is 18.2 Å². The SMILES string of the molecule is O=C(NC1CC1)OCCCc1ccccc1. The van der Waals surface area contributed by atoms with Gasteiger partial charge in [0.15, 0.2) is 0 Å². The number of carbonyl (C=O) groups is 1. The second kappa shape index (κ2) is 5.54. The molecule has 2 rings (SSSR count). The molecule has 0 atom stereocenters. The van der Waals surface area contributed by atoms with Crippen LogP contribution in [0.4, 0.5) is 4.79 Å². The predicted molar refractivity (Wildman–Crippen MR) is 62.3 cm³/mol. The van der Waals surface area contributed by atoms with Crippen molar-refractivity contribution in [2.45, 2.75) is 31.7 Å². The molecular weight excluding hydrogens is 202 g/mol. The Morgan fingerprint density at radius 3 is 2.75 bits per heavy atom. The highest BCUT2D eigenvalue weighted by Crippen LogP contribution is 2.18. The van der Waals surface area contributed by atoms with Crippen LogP contribution in [0.1, 0.15) is 24.8 Å². The molecule has 1 fully saturated rings. The summed E-state index contributed by atoms with van der Waals surface area (Å²) in [4.78, 5) is 11.2. The molecular formula is C13H17NO2. The van der Waals surface area contributed by atoms with E-state index in [2.05, 4.69) is 17.4 Å². The summed E-state index contributed by atoms with van der Waals surface area (Å²) < 4.78 is 5.06. The zero-order valence-electron chi connectivity index (χ0n) is 9.32. The zero-order chi connectivity index (χ0) is 11.2. The summed E-state index contributed by atoms with van der Waals surface area (Å²) in [5.74, 6) is 0. The number of nitrogens with one attached hydrogen (secondary N) is 1. The van der Waals surface area contributed by atoms with Crippen molar-refractivity contribution in [3.63, 3.8) is 0 Å². The Morgan fingerprint density at radius 2 is 2.06 bits per heavy atom. The summed E-state index contributed by atoms with van der Waals surface area (Å²) in [6.07, 6.45) is 3.76. The summed E-state index contributed by atoms with van der Waals surface area (Å²) >= 11 is 0. The van der Waals surface area contributed by atoms with Crippen LogP contribution in [0, 0.1) is 0 Å². The van der Waals surface area contributed by atoms with Crippen LogP contribution in [-0.4, -0.2) is 18.7 Å². The highest BCUT2D eigenvalue weighted by Gasteiger charge is 2.23. The molecule has 0 bridgehead atoms. The lowest BCUT2D eigenvalue weighted by molar-refractivity contribution is 0.144. The highest BCUT2D eigenvalue weighted by molar-refractivity contribution is 5.67. The van der Waals surface area contributed by atoms with Gasteiger partial charge >= 0.3 is 6.09 Å². The van der Waals surface area contributed by atoms with Gasteiger partial charge in [-0.3, -0.25) is 0 Å². The van der Waals surface area contributed by atoms with Crippen LogP contribution in [0.3, 0.4) is 0 Å². The molecule has 0 spiro atoms. The van der Waals surface area contributed by atoms with E-state index in [0.29, 0.717) is 12.6 Å². The van der Waals surface area contributed by atoms with Gasteiger partial charge in [0.1, 0.15) is 0 Å². The Balaban J connectivity index is 1.56. The van der Waals surface area contributed by atoms with Gasteiger partial charge in [-0.15, -0.1) is 0 Å². The van der Waals surface area contributed by atoms with Crippen molar-refractivity contribution in [2.75, 3.05) is 6.61 Å². The van der Waals surface area contributed by atoms with E-state index < -0.39 is 0 Å². The monoisotopic (exact) mass is 219 g/mol. The minimum absolute atomic E-state index is 0.268. The number of amides is 1. The maximum atomic E-state index is 11.2. The Bertz CT molecular complexity index is 333. The molecule has 0 aromatic heterocycles. The second-order valence-electron chi connectivity index (χ2n) is 4.14. The number of aryl methyl sites for hydroxylation is 1. The lowest BCUT2D eigenvalue weighted by Gasteiger charge is -2.05. The van der Waals surface area contributed by atoms with Gasteiger partial charge in [0.2, 0.25) is 0 Å². The van der Waals surface area contributed by atoms with Gasteiger partial charge in [0.05, 0.1) is 6.61 Å². The van der Waals surface area contributed by atoms with Gasteiger partial charge in [0, 0.05) is 6.04 Å². The molecule has 0 unspecified atom stereocenters. The molecule has 86 valence electrons. The fourth-order valence-electron chi connectivity index (χ4n) is 1.52. The number of hydrogen-bond donors (Lipinski definition) is 1. The molecule has 1 aromatic carbocycles. The second-order valence-corrected chi connectivity index (χ2v) is 4.14. The van der Waals surface area contributed by atoms with Gasteiger partial charge in [-0.25, -0.2) is 4.79 Å². The molecule has 0 radical (unpaired) electrons. The molecule has 0 saturated heterocycles. The average Bonchev–Trinajstić information content (AvgIpc) is 3.10. The van der Waals surface area contributed by atoms with Crippen LogP contribution in [0.15, 0.2) is 30.3 Å². The van der Waals surface area contributed by atoms with Crippen molar-refractivity contribution in [1.82, 2.24) is 5.32 Å². The zero-order valence-corrected chi connectivity index (χ0v) is 9.32. The standard InChI is InChI=1S/C13H17NO2/c15-13(14-12-8-9-12)16-10-4-7-11-5-2-1-3-6-11/h1-3,5-6,12H,4,7-10H2,(H,14,15). The Hall–Kier alpha value is -1.51. The van der Waals surface area contributed by atoms with Crippen LogP contribution in [-0.2, 0) is 11.2 Å². The molecule has 1 saturated carbocycles. The highest BCUT2D eigenvalue weighted by atomic mass is 16.5. The van der Waals surface area contributed by atoms with E-state index >= 15 is 0 Å². The third-order valence-corrected chi connectivity index (χ3v) is 2.59. The van der Waals surface area contributed by atoms with Crippen molar-refractivity contribution in [3.05, 3.63) is 35.9 Å². The van der Waals surface area contributed by atoms with E-state index in [9.17, 15) is 4.79 Å². The van der Waals surface area contributed by atoms with Gasteiger partial charge in [0.25, 0.3) is 0 Å². The molecule has 0 aliphatic heterocycles. The van der Waals surface area contributed by atoms with E-state index in [1.54, 1.807) is 0 Å². The summed E-state index contributed by atoms with van der Waals surface area (Å²) in [5, 5.41) is 2.79. The van der Waals surface area contributed by atoms with Crippen molar-refractivity contribution in [2.24, 2.45) is 0 Å². The topological polar surface area (TPSA) is 38.3 Å². The van der Waals surface area contributed by atoms with Crippen molar-refractivity contribution in [3.8, 4) is 0 Å². The minimum Gasteiger partial charge on any atom is -0.450 e. The summed E-state index contributed by atoms with van der Waals surface area (Å²) in [5.41, 5.74) is 1.29. The van der Waals surface area contributed by atoms with Gasteiger partial charge in [-0.05, 0) is 31.2 Å². The van der Waals surface area contributed by atoms with E-state index in [-0.39, 0.29) is 6.09 Å². The maximum absolute atomic E-state index is 11.2. The van der Waals surface area contributed by atoms with Crippen LogP contribution in [0.25, 0.3) is 0 Å². The van der Waals surface area contributed by atoms with E-state index in [1.165, 1.54) is 5.56 Å². The Morgan fingerprint density at radius 1 is 1.31 bits per heavy atom. The first-order valence-corrected chi connectivity index (χ1v) is 5.82. The first-order valence-electron chi connectivity index (χ1n) is 5.82. The van der Waals surface area contributed by atoms with Crippen LogP contribution in [0.2, 0.25) is 0 Å². The van der Waals surface area contributed by atoms with E-state index in [0.717, 1.165) is 25.7 Å². The molecule has 1 amide bonds. The largest absolute Gasteiger partial charge is 0.450 e. The molecule has 1 aliphatic rings. The fraction of sp³-hybridized carbons (Fsp3) is 0.462. The Kier molecular flexibility index (Phi) is 3.81. The smallest absolute Gasteiger partial charge is 0.407 e. The number of alkyl carbamates (subject to hydrolysis) is 1. The number of hydrogen-bond acceptors (Lipinski definition) is 2. The van der Waals surface area contributed by atoms with Crippen LogP contribution < -0.4 is 5.32 Å². The fourth-order valence-corrected chi connectivity index (χ4v) is 1.52. The van der Waals surface area contributed by atoms with Gasteiger partial charge in [-0.2, -0.15) is 0 Å². The van der Waals surface area contributed by atoms with E-state index in [4.69, 9.17) is 4.74 Å². The molecule has 1 aliphatic carbocycles. The molecule has 3 nitrogen and oxygen atoms in total. The summed E-state index contributed by atoms with van der Waals surface area (Å²) in [7, 11) is 0. The van der Waals surface area contributed by atoms with Crippen molar-refractivity contribution in [1.29, 1.82) is 0 Å². The lowest BCUT2D eigenvalue weighted by Crippen LogP contribution is -2.26.